The number of aliphatic hydroxyl groups is 2. The molecule has 0 radical (unpaired) electrons. The number of ether oxygens (including phenoxy) is 2. The molecule has 2 bridgehead atoms. The van der Waals surface area contributed by atoms with Crippen LogP contribution in [0.15, 0.2) is 23.3 Å². The zero-order chi connectivity index (χ0) is 17.8. The SMILES string of the molecule is CO[C@@]1(O)C2=C[C@](C)(CC/C(C)=C/CC[C@]3(C)O[C@@H]13)[C@@H](C)C[C@@H]2O. The van der Waals surface area contributed by atoms with Crippen LogP contribution in [0.3, 0.4) is 0 Å². The van der Waals surface area contributed by atoms with Crippen LogP contribution in [-0.2, 0) is 9.47 Å². The van der Waals surface area contributed by atoms with Crippen LogP contribution in [0.25, 0.3) is 0 Å². The molecule has 24 heavy (non-hydrogen) atoms. The van der Waals surface area contributed by atoms with E-state index in [9.17, 15) is 10.2 Å². The van der Waals surface area contributed by atoms with Crippen LogP contribution >= 0.6 is 0 Å². The number of rotatable bonds is 1. The van der Waals surface area contributed by atoms with Gasteiger partial charge >= 0.3 is 0 Å². The number of epoxide rings is 1. The van der Waals surface area contributed by atoms with E-state index in [4.69, 9.17) is 9.47 Å². The smallest absolute Gasteiger partial charge is 0.220 e. The molecule has 1 aliphatic heterocycles. The molecule has 0 aromatic carbocycles. The fourth-order valence-electron chi connectivity index (χ4n) is 4.45. The second-order valence-electron chi connectivity index (χ2n) is 8.56. The second kappa shape index (κ2) is 5.94. The molecule has 4 heteroatoms. The Hall–Kier alpha value is -0.680. The molecule has 3 rings (SSSR count). The van der Waals surface area contributed by atoms with Gasteiger partial charge < -0.3 is 19.7 Å². The van der Waals surface area contributed by atoms with E-state index in [-0.39, 0.29) is 5.41 Å². The molecule has 0 saturated carbocycles. The minimum absolute atomic E-state index is 0.0688. The van der Waals surface area contributed by atoms with Gasteiger partial charge in [0.2, 0.25) is 5.79 Å². The Kier molecular flexibility index (Phi) is 4.49. The molecule has 3 aliphatic rings. The maximum absolute atomic E-state index is 11.3. The molecule has 4 nitrogen and oxygen atoms in total. The fourth-order valence-corrected chi connectivity index (χ4v) is 4.45. The van der Waals surface area contributed by atoms with Crippen LogP contribution in [0.4, 0.5) is 0 Å². The Morgan fingerprint density at radius 2 is 2.00 bits per heavy atom. The predicted molar refractivity (Wildman–Crippen MR) is 93.4 cm³/mol. The average Bonchev–Trinajstić information content (AvgIpc) is 3.20. The van der Waals surface area contributed by atoms with Gasteiger partial charge in [-0.3, -0.25) is 0 Å². The number of hydrogen-bond acceptors (Lipinski definition) is 4. The molecule has 0 spiro atoms. The molecule has 0 aromatic rings. The molecular weight excluding hydrogens is 304 g/mol. The van der Waals surface area contributed by atoms with Gasteiger partial charge in [0.1, 0.15) is 6.10 Å². The van der Waals surface area contributed by atoms with Gasteiger partial charge in [-0.05, 0) is 57.3 Å². The van der Waals surface area contributed by atoms with Crippen molar-refractivity contribution in [3.8, 4) is 0 Å². The van der Waals surface area contributed by atoms with E-state index >= 15 is 0 Å². The van der Waals surface area contributed by atoms with Crippen molar-refractivity contribution in [2.24, 2.45) is 11.3 Å². The molecular formula is C20H32O4. The molecule has 0 unspecified atom stereocenters. The fraction of sp³-hybridized carbons (Fsp3) is 0.800. The Bertz CT molecular complexity index is 568. The molecule has 1 heterocycles. The maximum atomic E-state index is 11.3. The van der Waals surface area contributed by atoms with Crippen molar-refractivity contribution < 1.29 is 19.7 Å². The van der Waals surface area contributed by atoms with Crippen molar-refractivity contribution in [2.45, 2.75) is 83.4 Å². The summed E-state index contributed by atoms with van der Waals surface area (Å²) in [5, 5.41) is 22.0. The van der Waals surface area contributed by atoms with Crippen molar-refractivity contribution in [1.82, 2.24) is 0 Å². The highest BCUT2D eigenvalue weighted by Crippen LogP contribution is 2.53. The Morgan fingerprint density at radius 3 is 2.67 bits per heavy atom. The van der Waals surface area contributed by atoms with Crippen LogP contribution in [-0.4, -0.2) is 40.9 Å². The molecule has 0 aromatic heterocycles. The molecule has 1 saturated heterocycles. The highest BCUT2D eigenvalue weighted by Gasteiger charge is 2.65. The minimum atomic E-state index is -1.55. The molecule has 136 valence electrons. The van der Waals surface area contributed by atoms with Crippen LogP contribution < -0.4 is 0 Å². The predicted octanol–water partition coefficient (Wildman–Crippen LogP) is 3.33. The molecule has 2 N–H and O–H groups in total. The first-order valence-electron chi connectivity index (χ1n) is 9.17. The minimum Gasteiger partial charge on any atom is -0.389 e. The quantitative estimate of drug-likeness (QED) is 0.438. The van der Waals surface area contributed by atoms with E-state index in [0.717, 1.165) is 25.7 Å². The van der Waals surface area contributed by atoms with Crippen molar-refractivity contribution in [1.29, 1.82) is 0 Å². The molecule has 1 fully saturated rings. The van der Waals surface area contributed by atoms with Gasteiger partial charge in [-0.25, -0.2) is 0 Å². The summed E-state index contributed by atoms with van der Waals surface area (Å²) in [6, 6.07) is 0. The number of fused-ring (bicyclic) bond motifs is 2. The summed E-state index contributed by atoms with van der Waals surface area (Å²) in [4.78, 5) is 0. The van der Waals surface area contributed by atoms with Gasteiger partial charge in [0.05, 0.1) is 11.7 Å². The first-order chi connectivity index (χ1) is 11.1. The van der Waals surface area contributed by atoms with Gasteiger partial charge in [-0.1, -0.05) is 31.6 Å². The highest BCUT2D eigenvalue weighted by molar-refractivity contribution is 5.31. The summed E-state index contributed by atoms with van der Waals surface area (Å²) >= 11 is 0. The third kappa shape index (κ3) is 2.88. The topological polar surface area (TPSA) is 62.2 Å². The molecule has 2 aliphatic carbocycles. The van der Waals surface area contributed by atoms with Gasteiger partial charge in [0.25, 0.3) is 0 Å². The standard InChI is InChI=1S/C20H32O4/c1-13-7-6-9-19(4)17(24-19)20(22,23-5)15-12-18(3,10-8-13)14(2)11-16(15)21/h7,12,14,16-17,21-22H,6,8-11H2,1-5H3/b13-7+/t14-,16-,17+,18-,19-,20-/m0/s1. The summed E-state index contributed by atoms with van der Waals surface area (Å²) in [5.41, 5.74) is 1.52. The van der Waals surface area contributed by atoms with Crippen LogP contribution in [0.2, 0.25) is 0 Å². The van der Waals surface area contributed by atoms with Crippen molar-refractivity contribution in [3.05, 3.63) is 23.3 Å². The van der Waals surface area contributed by atoms with Gasteiger partial charge in [-0.2, -0.15) is 0 Å². The summed E-state index contributed by atoms with van der Waals surface area (Å²) in [6.07, 6.45) is 7.72. The number of aliphatic hydroxyl groups excluding tert-OH is 1. The van der Waals surface area contributed by atoms with Crippen LogP contribution in [0, 0.1) is 11.3 Å². The Balaban J connectivity index is 2.05. The average molecular weight is 336 g/mol. The van der Waals surface area contributed by atoms with Gasteiger partial charge in [0, 0.05) is 12.7 Å². The van der Waals surface area contributed by atoms with Crippen molar-refractivity contribution in [2.75, 3.05) is 7.11 Å². The van der Waals surface area contributed by atoms with Crippen molar-refractivity contribution >= 4 is 0 Å². The van der Waals surface area contributed by atoms with Gasteiger partial charge in [0.15, 0.2) is 0 Å². The van der Waals surface area contributed by atoms with Crippen LogP contribution in [0.5, 0.6) is 0 Å². The van der Waals surface area contributed by atoms with Crippen LogP contribution in [0.1, 0.15) is 59.8 Å². The number of allylic oxidation sites excluding steroid dienone is 3. The maximum Gasteiger partial charge on any atom is 0.220 e. The summed E-state index contributed by atoms with van der Waals surface area (Å²) in [7, 11) is 1.50. The number of methoxy groups -OCH3 is 1. The molecule has 0 amide bonds. The van der Waals surface area contributed by atoms with E-state index in [1.165, 1.54) is 12.7 Å². The zero-order valence-corrected chi connectivity index (χ0v) is 15.6. The molecule has 6 atom stereocenters. The zero-order valence-electron chi connectivity index (χ0n) is 15.6. The van der Waals surface area contributed by atoms with E-state index < -0.39 is 23.6 Å². The first-order valence-corrected chi connectivity index (χ1v) is 9.17. The Morgan fingerprint density at radius 1 is 1.29 bits per heavy atom. The summed E-state index contributed by atoms with van der Waals surface area (Å²) in [6.45, 7) is 8.63. The Labute approximate surface area is 145 Å². The monoisotopic (exact) mass is 336 g/mol. The third-order valence-corrected chi connectivity index (χ3v) is 6.70. The largest absolute Gasteiger partial charge is 0.389 e. The lowest BCUT2D eigenvalue weighted by atomic mass is 9.65. The lowest BCUT2D eigenvalue weighted by molar-refractivity contribution is -0.181. The second-order valence-corrected chi connectivity index (χ2v) is 8.56. The van der Waals surface area contributed by atoms with Gasteiger partial charge in [-0.15, -0.1) is 0 Å². The summed E-state index contributed by atoms with van der Waals surface area (Å²) in [5.74, 6) is -1.20. The highest BCUT2D eigenvalue weighted by atomic mass is 16.7. The third-order valence-electron chi connectivity index (χ3n) is 6.70. The normalized spacial score (nSPS) is 51.4. The van der Waals surface area contributed by atoms with E-state index in [1.54, 1.807) is 0 Å². The van der Waals surface area contributed by atoms with E-state index in [1.807, 2.05) is 6.92 Å². The lowest BCUT2D eigenvalue weighted by Gasteiger charge is -2.44. The van der Waals surface area contributed by atoms with E-state index in [0.29, 0.717) is 17.9 Å². The summed E-state index contributed by atoms with van der Waals surface area (Å²) < 4.78 is 11.4. The first kappa shape index (κ1) is 18.1. The van der Waals surface area contributed by atoms with Crippen molar-refractivity contribution in [3.63, 3.8) is 0 Å². The lowest BCUT2D eigenvalue weighted by Crippen LogP contribution is -2.49. The van der Waals surface area contributed by atoms with E-state index in [2.05, 4.69) is 32.9 Å². The number of hydrogen-bond donors (Lipinski definition) is 2.